The van der Waals surface area contributed by atoms with Crippen molar-refractivity contribution < 1.29 is 9.34 Å². The van der Waals surface area contributed by atoms with Gasteiger partial charge in [0.05, 0.1) is 11.0 Å². The molecule has 2 heterocycles. The van der Waals surface area contributed by atoms with Gasteiger partial charge < -0.3 is 4.42 Å². The van der Waals surface area contributed by atoms with Gasteiger partial charge in [-0.05, 0) is 30.5 Å². The number of rotatable bonds is 5. The van der Waals surface area contributed by atoms with Gasteiger partial charge in [0, 0.05) is 12.3 Å². The largest absolute Gasteiger partial charge is 0.434 e. The summed E-state index contributed by atoms with van der Waals surface area (Å²) >= 11 is 0. The van der Waals surface area contributed by atoms with Gasteiger partial charge in [-0.3, -0.25) is 15.1 Å². The number of aryl methyl sites for hydroxylation is 1. The lowest BCUT2D eigenvalue weighted by atomic mass is 10.1. The Morgan fingerprint density at radius 1 is 1.27 bits per heavy atom. The molecular formula is C16H15N3O3. The van der Waals surface area contributed by atoms with E-state index in [4.69, 9.17) is 4.42 Å². The molecule has 0 aliphatic carbocycles. The van der Waals surface area contributed by atoms with Crippen LogP contribution in [-0.2, 0) is 6.42 Å². The Morgan fingerprint density at radius 2 is 2.14 bits per heavy atom. The Morgan fingerprint density at radius 3 is 2.82 bits per heavy atom. The molecule has 0 radical (unpaired) electrons. The highest BCUT2D eigenvalue weighted by Gasteiger charge is 2.13. The molecule has 0 saturated heterocycles. The molecule has 3 aromatic rings. The minimum absolute atomic E-state index is 0.0157. The summed E-state index contributed by atoms with van der Waals surface area (Å²) in [5.74, 6) is 0.373. The molecular weight excluding hydrogens is 282 g/mol. The van der Waals surface area contributed by atoms with Crippen molar-refractivity contribution in [2.45, 2.75) is 26.2 Å². The average molecular weight is 297 g/mol. The number of hydrogen-bond donors (Lipinski definition) is 0. The van der Waals surface area contributed by atoms with E-state index in [-0.39, 0.29) is 5.69 Å². The first-order valence-electron chi connectivity index (χ1n) is 7.17. The van der Waals surface area contributed by atoms with E-state index in [0.29, 0.717) is 22.7 Å². The third-order valence-electron chi connectivity index (χ3n) is 3.45. The third kappa shape index (κ3) is 2.81. The van der Waals surface area contributed by atoms with Gasteiger partial charge in [-0.1, -0.05) is 19.4 Å². The maximum absolute atomic E-state index is 10.8. The van der Waals surface area contributed by atoms with Crippen LogP contribution >= 0.6 is 0 Å². The number of aromatic nitrogens is 2. The lowest BCUT2D eigenvalue weighted by Gasteiger charge is -1.99. The van der Waals surface area contributed by atoms with E-state index in [2.05, 4.69) is 16.9 Å². The Kier molecular flexibility index (Phi) is 3.82. The predicted octanol–water partition coefficient (Wildman–Crippen LogP) is 4.14. The number of nitro groups is 1. The van der Waals surface area contributed by atoms with Gasteiger partial charge in [0.25, 0.3) is 5.69 Å². The summed E-state index contributed by atoms with van der Waals surface area (Å²) in [6, 6.07) is 8.24. The topological polar surface area (TPSA) is 82.1 Å². The zero-order chi connectivity index (χ0) is 15.5. The third-order valence-corrected chi connectivity index (χ3v) is 3.45. The summed E-state index contributed by atoms with van der Waals surface area (Å²) in [7, 11) is 0. The molecule has 0 aliphatic heterocycles. The summed E-state index contributed by atoms with van der Waals surface area (Å²) in [6.07, 6.45) is 5.10. The van der Waals surface area contributed by atoms with Gasteiger partial charge in [-0.15, -0.1) is 0 Å². The standard InChI is InChI=1S/C16H15N3O3/c1-2-3-4-11-5-7-14(17-10-11)16-18-13-8-6-12(19(20)21)9-15(13)22-16/h5-10H,2-4H2,1H3. The van der Waals surface area contributed by atoms with Gasteiger partial charge in [0.2, 0.25) is 5.89 Å². The van der Waals surface area contributed by atoms with Crippen molar-refractivity contribution in [1.29, 1.82) is 0 Å². The molecule has 0 saturated carbocycles. The molecule has 112 valence electrons. The Hall–Kier alpha value is -2.76. The Bertz CT molecular complexity index is 809. The smallest absolute Gasteiger partial charge is 0.273 e. The summed E-state index contributed by atoms with van der Waals surface area (Å²) in [5.41, 5.74) is 2.76. The van der Waals surface area contributed by atoms with Crippen molar-refractivity contribution in [3.63, 3.8) is 0 Å². The summed E-state index contributed by atoms with van der Waals surface area (Å²) in [5, 5.41) is 10.8. The number of hydrogen-bond acceptors (Lipinski definition) is 5. The lowest BCUT2D eigenvalue weighted by Crippen LogP contribution is -1.88. The molecule has 0 N–H and O–H groups in total. The van der Waals surface area contributed by atoms with Crippen molar-refractivity contribution in [2.24, 2.45) is 0 Å². The van der Waals surface area contributed by atoms with Crippen molar-refractivity contribution in [1.82, 2.24) is 9.97 Å². The van der Waals surface area contributed by atoms with Crippen molar-refractivity contribution in [3.8, 4) is 11.6 Å². The molecule has 0 amide bonds. The van der Waals surface area contributed by atoms with E-state index in [0.717, 1.165) is 19.3 Å². The number of nitrogens with zero attached hydrogens (tertiary/aromatic N) is 3. The second-order valence-electron chi connectivity index (χ2n) is 5.08. The number of unbranched alkanes of at least 4 members (excludes halogenated alkanes) is 1. The molecule has 6 nitrogen and oxygen atoms in total. The van der Waals surface area contributed by atoms with E-state index in [1.807, 2.05) is 18.3 Å². The van der Waals surface area contributed by atoms with E-state index in [9.17, 15) is 10.1 Å². The second-order valence-corrected chi connectivity index (χ2v) is 5.08. The van der Waals surface area contributed by atoms with E-state index < -0.39 is 4.92 Å². The summed E-state index contributed by atoms with van der Waals surface area (Å²) in [6.45, 7) is 2.15. The summed E-state index contributed by atoms with van der Waals surface area (Å²) in [4.78, 5) is 19.0. The van der Waals surface area contributed by atoms with Crippen molar-refractivity contribution in [3.05, 3.63) is 52.2 Å². The maximum Gasteiger partial charge on any atom is 0.273 e. The molecule has 0 bridgehead atoms. The number of nitro benzene ring substituents is 1. The number of oxazole rings is 1. The zero-order valence-corrected chi connectivity index (χ0v) is 12.2. The molecule has 1 aromatic carbocycles. The van der Waals surface area contributed by atoms with Crippen LogP contribution in [-0.4, -0.2) is 14.9 Å². The molecule has 6 heteroatoms. The fourth-order valence-electron chi connectivity index (χ4n) is 2.22. The first-order chi connectivity index (χ1) is 10.7. The summed E-state index contributed by atoms with van der Waals surface area (Å²) < 4.78 is 5.59. The lowest BCUT2D eigenvalue weighted by molar-refractivity contribution is -0.384. The molecule has 3 rings (SSSR count). The van der Waals surface area contributed by atoms with Crippen LogP contribution in [0.25, 0.3) is 22.7 Å². The highest BCUT2D eigenvalue weighted by molar-refractivity contribution is 5.78. The fourth-order valence-corrected chi connectivity index (χ4v) is 2.22. The average Bonchev–Trinajstić information content (AvgIpc) is 2.96. The number of non-ortho nitro benzene ring substituents is 1. The van der Waals surface area contributed by atoms with E-state index in [1.165, 1.54) is 17.7 Å². The molecule has 0 fully saturated rings. The van der Waals surface area contributed by atoms with Gasteiger partial charge >= 0.3 is 0 Å². The monoisotopic (exact) mass is 297 g/mol. The van der Waals surface area contributed by atoms with Crippen LogP contribution in [0.4, 0.5) is 5.69 Å². The van der Waals surface area contributed by atoms with Crippen LogP contribution in [0.3, 0.4) is 0 Å². The fraction of sp³-hybridized carbons (Fsp3) is 0.250. The number of fused-ring (bicyclic) bond motifs is 1. The van der Waals surface area contributed by atoms with Crippen molar-refractivity contribution in [2.75, 3.05) is 0 Å². The highest BCUT2D eigenvalue weighted by Crippen LogP contribution is 2.26. The van der Waals surface area contributed by atoms with E-state index in [1.54, 1.807) is 6.07 Å². The van der Waals surface area contributed by atoms with Crippen LogP contribution in [0.15, 0.2) is 40.9 Å². The van der Waals surface area contributed by atoms with E-state index >= 15 is 0 Å². The molecule has 0 spiro atoms. The molecule has 0 atom stereocenters. The SMILES string of the molecule is CCCCc1ccc(-c2nc3ccc([N+](=O)[O-])cc3o2)nc1. The predicted molar refractivity (Wildman–Crippen MR) is 82.5 cm³/mol. The quantitative estimate of drug-likeness (QED) is 0.522. The number of pyridine rings is 1. The maximum atomic E-state index is 10.8. The van der Waals surface area contributed by atoms with Crippen LogP contribution in [0, 0.1) is 10.1 Å². The minimum Gasteiger partial charge on any atom is -0.434 e. The molecule has 22 heavy (non-hydrogen) atoms. The van der Waals surface area contributed by atoms with Gasteiger partial charge in [0.1, 0.15) is 11.2 Å². The van der Waals surface area contributed by atoms with Gasteiger partial charge in [-0.2, -0.15) is 0 Å². The zero-order valence-electron chi connectivity index (χ0n) is 12.2. The van der Waals surface area contributed by atoms with Crippen LogP contribution in [0.1, 0.15) is 25.3 Å². The Labute approximate surface area is 127 Å². The van der Waals surface area contributed by atoms with Crippen LogP contribution in [0.5, 0.6) is 0 Å². The first-order valence-corrected chi connectivity index (χ1v) is 7.17. The van der Waals surface area contributed by atoms with Gasteiger partial charge in [0.15, 0.2) is 5.58 Å². The Balaban J connectivity index is 1.91. The molecule has 2 aromatic heterocycles. The van der Waals surface area contributed by atoms with Crippen LogP contribution < -0.4 is 0 Å². The molecule has 0 unspecified atom stereocenters. The van der Waals surface area contributed by atoms with Crippen molar-refractivity contribution >= 4 is 16.8 Å². The van der Waals surface area contributed by atoms with Gasteiger partial charge in [-0.25, -0.2) is 4.98 Å². The molecule has 0 aliphatic rings. The second kappa shape index (κ2) is 5.93. The normalized spacial score (nSPS) is 11.0. The van der Waals surface area contributed by atoms with Crippen LogP contribution in [0.2, 0.25) is 0 Å². The highest BCUT2D eigenvalue weighted by atomic mass is 16.6. The number of benzene rings is 1. The minimum atomic E-state index is -0.456. The first kappa shape index (κ1) is 14.2.